The van der Waals surface area contributed by atoms with Crippen molar-refractivity contribution in [1.82, 2.24) is 5.32 Å². The van der Waals surface area contributed by atoms with Crippen molar-refractivity contribution in [2.45, 2.75) is 32.3 Å². The molecule has 2 aromatic carbocycles. The highest BCUT2D eigenvalue weighted by Crippen LogP contribution is 2.16. The van der Waals surface area contributed by atoms with Gasteiger partial charge < -0.3 is 10.1 Å². The number of carbonyl (C=O) groups excluding carboxylic acids is 1. The number of para-hydroxylation sites is 1. The number of ether oxygens (including phenoxy) is 1. The Morgan fingerprint density at radius 2 is 1.83 bits per heavy atom. The van der Waals surface area contributed by atoms with Crippen molar-refractivity contribution in [3.8, 4) is 5.75 Å². The average Bonchev–Trinajstić information content (AvgIpc) is 2.58. The summed E-state index contributed by atoms with van der Waals surface area (Å²) in [6.07, 6.45) is 1.86. The fourth-order valence-electron chi connectivity index (χ4n) is 2.29. The second-order valence-electron chi connectivity index (χ2n) is 5.31. The van der Waals surface area contributed by atoms with Gasteiger partial charge in [-0.15, -0.1) is 0 Å². The predicted octanol–water partition coefficient (Wildman–Crippen LogP) is 4.25. The highest BCUT2D eigenvalue weighted by molar-refractivity contribution is 6.31. The fraction of sp³-hybridized carbons (Fsp3) is 0.316. The summed E-state index contributed by atoms with van der Waals surface area (Å²) in [6, 6.07) is 17.2. The van der Waals surface area contributed by atoms with E-state index in [9.17, 15) is 4.79 Å². The number of nitrogens with one attached hydrogen (secondary N) is 1. The van der Waals surface area contributed by atoms with E-state index >= 15 is 0 Å². The van der Waals surface area contributed by atoms with Gasteiger partial charge >= 0.3 is 0 Å². The maximum atomic E-state index is 12.2. The van der Waals surface area contributed by atoms with Crippen molar-refractivity contribution in [2.24, 2.45) is 0 Å². The van der Waals surface area contributed by atoms with Crippen LogP contribution in [0.25, 0.3) is 0 Å². The SMILES string of the molecule is CC[C@H](Oc1ccccc1)C(=O)NCCCc1ccccc1Cl. The summed E-state index contributed by atoms with van der Waals surface area (Å²) in [7, 11) is 0. The molecule has 122 valence electrons. The molecule has 0 saturated heterocycles. The summed E-state index contributed by atoms with van der Waals surface area (Å²) in [5.74, 6) is 0.640. The van der Waals surface area contributed by atoms with Gasteiger partial charge in [0.1, 0.15) is 5.75 Å². The van der Waals surface area contributed by atoms with Gasteiger partial charge in [0.25, 0.3) is 5.91 Å². The lowest BCUT2D eigenvalue weighted by atomic mass is 10.1. The van der Waals surface area contributed by atoms with E-state index in [1.807, 2.05) is 61.5 Å². The molecule has 0 radical (unpaired) electrons. The second-order valence-corrected chi connectivity index (χ2v) is 5.72. The van der Waals surface area contributed by atoms with Gasteiger partial charge in [0.05, 0.1) is 0 Å². The standard InChI is InChI=1S/C19H22ClNO2/c1-2-18(23-16-11-4-3-5-12-16)19(22)21-14-8-10-15-9-6-7-13-17(15)20/h3-7,9,11-13,18H,2,8,10,14H2,1H3,(H,21,22)/t18-/m0/s1. The number of carbonyl (C=O) groups is 1. The van der Waals surface area contributed by atoms with Gasteiger partial charge in [-0.2, -0.15) is 0 Å². The van der Waals surface area contributed by atoms with Crippen LogP contribution < -0.4 is 10.1 Å². The van der Waals surface area contributed by atoms with Crippen LogP contribution in [0.1, 0.15) is 25.3 Å². The van der Waals surface area contributed by atoms with Crippen LogP contribution in [0.5, 0.6) is 5.75 Å². The molecule has 1 amide bonds. The smallest absolute Gasteiger partial charge is 0.261 e. The summed E-state index contributed by atoms with van der Waals surface area (Å²) in [4.78, 5) is 12.2. The van der Waals surface area contributed by atoms with Crippen molar-refractivity contribution >= 4 is 17.5 Å². The van der Waals surface area contributed by atoms with E-state index in [1.165, 1.54) is 0 Å². The molecule has 0 aliphatic rings. The predicted molar refractivity (Wildman–Crippen MR) is 93.9 cm³/mol. The number of halogens is 1. The van der Waals surface area contributed by atoms with Crippen molar-refractivity contribution < 1.29 is 9.53 Å². The Hall–Kier alpha value is -2.00. The zero-order chi connectivity index (χ0) is 16.5. The monoisotopic (exact) mass is 331 g/mol. The molecule has 0 fully saturated rings. The van der Waals surface area contributed by atoms with Gasteiger partial charge in [0.2, 0.25) is 0 Å². The second kappa shape index (κ2) is 9.21. The average molecular weight is 332 g/mol. The zero-order valence-corrected chi connectivity index (χ0v) is 14.1. The van der Waals surface area contributed by atoms with Crippen LogP contribution in [-0.4, -0.2) is 18.6 Å². The Labute approximate surface area is 142 Å². The number of rotatable bonds is 8. The van der Waals surface area contributed by atoms with E-state index < -0.39 is 6.10 Å². The lowest BCUT2D eigenvalue weighted by molar-refractivity contribution is -0.128. The Morgan fingerprint density at radius 3 is 2.52 bits per heavy atom. The normalized spacial score (nSPS) is 11.7. The molecule has 0 aliphatic heterocycles. The molecule has 1 atom stereocenters. The summed E-state index contributed by atoms with van der Waals surface area (Å²) < 4.78 is 5.73. The topological polar surface area (TPSA) is 38.3 Å². The molecule has 0 heterocycles. The first-order valence-electron chi connectivity index (χ1n) is 7.93. The van der Waals surface area contributed by atoms with Crippen molar-refractivity contribution in [1.29, 1.82) is 0 Å². The van der Waals surface area contributed by atoms with Gasteiger partial charge in [-0.25, -0.2) is 0 Å². The van der Waals surface area contributed by atoms with E-state index in [0.717, 1.165) is 23.4 Å². The molecule has 4 heteroatoms. The van der Waals surface area contributed by atoms with Gasteiger partial charge in [0, 0.05) is 11.6 Å². The minimum atomic E-state index is -0.460. The number of aryl methyl sites for hydroxylation is 1. The molecular weight excluding hydrogens is 310 g/mol. The van der Waals surface area contributed by atoms with E-state index in [4.69, 9.17) is 16.3 Å². The first-order chi connectivity index (χ1) is 11.2. The third-order valence-corrected chi connectivity index (χ3v) is 3.93. The van der Waals surface area contributed by atoms with Crippen LogP contribution in [0.2, 0.25) is 5.02 Å². The van der Waals surface area contributed by atoms with Crippen LogP contribution in [0.3, 0.4) is 0 Å². The van der Waals surface area contributed by atoms with E-state index in [0.29, 0.717) is 18.7 Å². The molecule has 2 rings (SSSR count). The van der Waals surface area contributed by atoms with Crippen molar-refractivity contribution in [3.63, 3.8) is 0 Å². The van der Waals surface area contributed by atoms with Gasteiger partial charge in [0.15, 0.2) is 6.10 Å². The lowest BCUT2D eigenvalue weighted by Crippen LogP contribution is -2.38. The molecule has 0 unspecified atom stereocenters. The number of hydrogen-bond donors (Lipinski definition) is 1. The van der Waals surface area contributed by atoms with Crippen molar-refractivity contribution in [2.75, 3.05) is 6.54 Å². The molecule has 2 aromatic rings. The molecule has 3 nitrogen and oxygen atoms in total. The maximum Gasteiger partial charge on any atom is 0.261 e. The molecule has 0 spiro atoms. The largest absolute Gasteiger partial charge is 0.481 e. The number of amides is 1. The first kappa shape index (κ1) is 17.4. The Kier molecular flexibility index (Phi) is 6.95. The molecular formula is C19H22ClNO2. The summed E-state index contributed by atoms with van der Waals surface area (Å²) in [6.45, 7) is 2.55. The maximum absolute atomic E-state index is 12.2. The Balaban J connectivity index is 1.75. The van der Waals surface area contributed by atoms with E-state index in [2.05, 4.69) is 5.32 Å². The molecule has 1 N–H and O–H groups in total. The van der Waals surface area contributed by atoms with Crippen LogP contribution >= 0.6 is 11.6 Å². The van der Waals surface area contributed by atoms with Crippen LogP contribution in [0, 0.1) is 0 Å². The van der Waals surface area contributed by atoms with Crippen LogP contribution in [0.4, 0.5) is 0 Å². The summed E-state index contributed by atoms with van der Waals surface area (Å²) >= 11 is 6.12. The molecule has 0 bridgehead atoms. The highest BCUT2D eigenvalue weighted by Gasteiger charge is 2.17. The van der Waals surface area contributed by atoms with Crippen LogP contribution in [0.15, 0.2) is 54.6 Å². The lowest BCUT2D eigenvalue weighted by Gasteiger charge is -2.17. The van der Waals surface area contributed by atoms with Gasteiger partial charge in [-0.05, 0) is 43.0 Å². The fourth-order valence-corrected chi connectivity index (χ4v) is 2.52. The van der Waals surface area contributed by atoms with E-state index in [1.54, 1.807) is 0 Å². The summed E-state index contributed by atoms with van der Waals surface area (Å²) in [5, 5.41) is 3.71. The quantitative estimate of drug-likeness (QED) is 0.734. The van der Waals surface area contributed by atoms with E-state index in [-0.39, 0.29) is 5.91 Å². The van der Waals surface area contributed by atoms with Gasteiger partial charge in [-0.1, -0.05) is 54.9 Å². The molecule has 0 aliphatic carbocycles. The van der Waals surface area contributed by atoms with Crippen molar-refractivity contribution in [3.05, 3.63) is 65.2 Å². The number of hydrogen-bond acceptors (Lipinski definition) is 2. The van der Waals surface area contributed by atoms with Gasteiger partial charge in [-0.3, -0.25) is 4.79 Å². The van der Waals surface area contributed by atoms with Crippen LogP contribution in [-0.2, 0) is 11.2 Å². The third-order valence-electron chi connectivity index (χ3n) is 3.56. The molecule has 23 heavy (non-hydrogen) atoms. The number of benzene rings is 2. The zero-order valence-electron chi connectivity index (χ0n) is 13.3. The minimum Gasteiger partial charge on any atom is -0.481 e. The molecule has 0 saturated carbocycles. The third kappa shape index (κ3) is 5.61. The molecule has 0 aromatic heterocycles. The summed E-state index contributed by atoms with van der Waals surface area (Å²) in [5.41, 5.74) is 1.11. The Bertz CT molecular complexity index is 616. The Morgan fingerprint density at radius 1 is 1.13 bits per heavy atom. The minimum absolute atomic E-state index is 0.0736. The first-order valence-corrected chi connectivity index (χ1v) is 8.31. The highest BCUT2D eigenvalue weighted by atomic mass is 35.5.